The van der Waals surface area contributed by atoms with Gasteiger partial charge < -0.3 is 13.9 Å². The lowest BCUT2D eigenvalue weighted by Gasteiger charge is -2.14. The van der Waals surface area contributed by atoms with Crippen LogP contribution in [0.2, 0.25) is 0 Å². The maximum absolute atomic E-state index is 11.9. The van der Waals surface area contributed by atoms with Gasteiger partial charge in [-0.25, -0.2) is 0 Å². The molecule has 0 aliphatic rings. The fourth-order valence-electron chi connectivity index (χ4n) is 1.64. The zero-order chi connectivity index (χ0) is 15.2. The molecule has 0 aliphatic heterocycles. The lowest BCUT2D eigenvalue weighted by molar-refractivity contribution is -0.127. The van der Waals surface area contributed by atoms with Crippen LogP contribution in [-0.4, -0.2) is 44.9 Å². The fraction of sp³-hybridized carbons (Fsp3) is 0.385. The fourth-order valence-corrected chi connectivity index (χ4v) is 2.49. The van der Waals surface area contributed by atoms with Crippen LogP contribution in [-0.2, 0) is 11.8 Å². The Balaban J connectivity index is 1.96. The summed E-state index contributed by atoms with van der Waals surface area (Å²) in [6.45, 7) is 0.437. The second-order valence-electron chi connectivity index (χ2n) is 4.35. The topological polar surface area (TPSA) is 87.9 Å². The van der Waals surface area contributed by atoms with E-state index in [0.717, 1.165) is 0 Å². The average molecular weight is 305 g/mol. The van der Waals surface area contributed by atoms with Crippen LogP contribution in [0.1, 0.15) is 6.42 Å². The Morgan fingerprint density at radius 1 is 1.57 bits per heavy atom. The number of nitrogens with zero attached hydrogens (tertiary/aromatic N) is 5. The van der Waals surface area contributed by atoms with Crippen LogP contribution in [0.5, 0.6) is 0 Å². The summed E-state index contributed by atoms with van der Waals surface area (Å²) in [5.41, 5.74) is 0. The van der Waals surface area contributed by atoms with Crippen LogP contribution in [0.4, 0.5) is 0 Å². The standard InChI is InChI=1S/C13H15N5O2S/c1-17(7-4-6-14)11(19)9-21-13-16-15-12(18(13)2)10-5-3-8-20-10/h3,5,8H,4,7,9H2,1-2H3. The Kier molecular flexibility index (Phi) is 5.00. The molecule has 2 rings (SSSR count). The van der Waals surface area contributed by atoms with Crippen LogP contribution in [0.25, 0.3) is 11.6 Å². The van der Waals surface area contributed by atoms with Gasteiger partial charge in [0, 0.05) is 20.6 Å². The third-order valence-electron chi connectivity index (χ3n) is 2.89. The van der Waals surface area contributed by atoms with E-state index in [1.54, 1.807) is 34.9 Å². The van der Waals surface area contributed by atoms with Gasteiger partial charge in [0.05, 0.1) is 24.5 Å². The van der Waals surface area contributed by atoms with Gasteiger partial charge in [-0.05, 0) is 12.1 Å². The van der Waals surface area contributed by atoms with Gasteiger partial charge in [-0.1, -0.05) is 11.8 Å². The summed E-state index contributed by atoms with van der Waals surface area (Å²) in [6.07, 6.45) is 1.91. The van der Waals surface area contributed by atoms with Gasteiger partial charge in [0.25, 0.3) is 0 Å². The minimum absolute atomic E-state index is 0.0437. The van der Waals surface area contributed by atoms with Gasteiger partial charge in [-0.2, -0.15) is 5.26 Å². The summed E-state index contributed by atoms with van der Waals surface area (Å²) in [5.74, 6) is 1.46. The predicted octanol–water partition coefficient (Wildman–Crippen LogP) is 1.54. The average Bonchev–Trinajstić information content (AvgIpc) is 3.11. The highest BCUT2D eigenvalue weighted by Crippen LogP contribution is 2.22. The first-order valence-electron chi connectivity index (χ1n) is 6.30. The molecule has 0 atom stereocenters. The number of carbonyl (C=O) groups is 1. The Hall–Kier alpha value is -2.27. The quantitative estimate of drug-likeness (QED) is 0.752. The van der Waals surface area contributed by atoms with Crippen LogP contribution in [0, 0.1) is 11.3 Å². The number of furan rings is 1. The minimum atomic E-state index is -0.0437. The molecule has 7 nitrogen and oxygen atoms in total. The van der Waals surface area contributed by atoms with Gasteiger partial charge >= 0.3 is 0 Å². The lowest BCUT2D eigenvalue weighted by Crippen LogP contribution is -2.29. The molecule has 0 spiro atoms. The SMILES string of the molecule is CN(CCC#N)C(=O)CSc1nnc(-c2ccco2)n1C. The van der Waals surface area contributed by atoms with E-state index in [9.17, 15) is 4.79 Å². The van der Waals surface area contributed by atoms with E-state index in [0.29, 0.717) is 29.7 Å². The summed E-state index contributed by atoms with van der Waals surface area (Å²) in [7, 11) is 3.51. The molecule has 0 saturated heterocycles. The third-order valence-corrected chi connectivity index (χ3v) is 3.89. The summed E-state index contributed by atoms with van der Waals surface area (Å²) in [6, 6.07) is 5.60. The van der Waals surface area contributed by atoms with Crippen LogP contribution in [0.15, 0.2) is 28.0 Å². The largest absolute Gasteiger partial charge is 0.461 e. The van der Waals surface area contributed by atoms with Crippen molar-refractivity contribution >= 4 is 17.7 Å². The number of amides is 1. The molecule has 0 aliphatic carbocycles. The summed E-state index contributed by atoms with van der Waals surface area (Å²) >= 11 is 1.31. The predicted molar refractivity (Wildman–Crippen MR) is 77.3 cm³/mol. The number of carbonyl (C=O) groups excluding carboxylic acids is 1. The van der Waals surface area contributed by atoms with E-state index in [4.69, 9.17) is 9.68 Å². The molecule has 8 heteroatoms. The van der Waals surface area contributed by atoms with Crippen molar-refractivity contribution in [2.45, 2.75) is 11.6 Å². The van der Waals surface area contributed by atoms with Crippen molar-refractivity contribution in [2.24, 2.45) is 7.05 Å². The number of hydrogen-bond donors (Lipinski definition) is 0. The molecule has 0 saturated carbocycles. The van der Waals surface area contributed by atoms with Gasteiger partial charge in [-0.3, -0.25) is 4.79 Å². The number of nitriles is 1. The number of hydrogen-bond acceptors (Lipinski definition) is 6. The molecule has 0 bridgehead atoms. The van der Waals surface area contributed by atoms with E-state index in [-0.39, 0.29) is 11.7 Å². The molecule has 0 aromatic carbocycles. The van der Waals surface area contributed by atoms with E-state index >= 15 is 0 Å². The molecule has 21 heavy (non-hydrogen) atoms. The van der Waals surface area contributed by atoms with Crippen LogP contribution >= 0.6 is 11.8 Å². The van der Waals surface area contributed by atoms with Gasteiger partial charge in [-0.15, -0.1) is 10.2 Å². The second-order valence-corrected chi connectivity index (χ2v) is 5.30. The van der Waals surface area contributed by atoms with E-state index in [2.05, 4.69) is 10.2 Å². The molecule has 0 unspecified atom stereocenters. The van der Waals surface area contributed by atoms with Crippen LogP contribution in [0.3, 0.4) is 0 Å². The van der Waals surface area contributed by atoms with Crippen molar-refractivity contribution in [1.29, 1.82) is 5.26 Å². The first-order chi connectivity index (χ1) is 10.1. The molecule has 2 heterocycles. The highest BCUT2D eigenvalue weighted by atomic mass is 32.2. The maximum atomic E-state index is 11.9. The second kappa shape index (κ2) is 6.95. The van der Waals surface area contributed by atoms with E-state index < -0.39 is 0 Å². The summed E-state index contributed by atoms with van der Waals surface area (Å²) < 4.78 is 7.07. The highest BCUT2D eigenvalue weighted by molar-refractivity contribution is 7.99. The molecule has 0 N–H and O–H groups in total. The maximum Gasteiger partial charge on any atom is 0.232 e. The number of rotatable bonds is 6. The molecular formula is C13H15N5O2S. The smallest absolute Gasteiger partial charge is 0.232 e. The van der Waals surface area contributed by atoms with E-state index in [1.807, 2.05) is 13.1 Å². The molecule has 0 radical (unpaired) electrons. The van der Waals surface area contributed by atoms with Crippen molar-refractivity contribution in [3.05, 3.63) is 18.4 Å². The Morgan fingerprint density at radius 3 is 3.05 bits per heavy atom. The Bertz CT molecular complexity index is 644. The highest BCUT2D eigenvalue weighted by Gasteiger charge is 2.15. The summed E-state index contributed by atoms with van der Waals surface area (Å²) in [5, 5.41) is 17.3. The molecule has 1 amide bonds. The normalized spacial score (nSPS) is 10.3. The van der Waals surface area contributed by atoms with Crippen molar-refractivity contribution in [2.75, 3.05) is 19.3 Å². The van der Waals surface area contributed by atoms with Crippen molar-refractivity contribution in [1.82, 2.24) is 19.7 Å². The van der Waals surface area contributed by atoms with Gasteiger partial charge in [0.1, 0.15) is 0 Å². The molecule has 2 aromatic heterocycles. The van der Waals surface area contributed by atoms with Gasteiger partial charge in [0.15, 0.2) is 16.7 Å². The molecular weight excluding hydrogens is 290 g/mol. The van der Waals surface area contributed by atoms with Crippen molar-refractivity contribution < 1.29 is 9.21 Å². The Labute approximate surface area is 126 Å². The summed E-state index contributed by atoms with van der Waals surface area (Å²) in [4.78, 5) is 13.4. The third kappa shape index (κ3) is 3.64. The Morgan fingerprint density at radius 2 is 2.38 bits per heavy atom. The van der Waals surface area contributed by atoms with Gasteiger partial charge in [0.2, 0.25) is 5.91 Å². The molecule has 110 valence electrons. The number of aromatic nitrogens is 3. The minimum Gasteiger partial charge on any atom is -0.461 e. The molecule has 2 aromatic rings. The lowest BCUT2D eigenvalue weighted by atomic mass is 10.4. The number of thioether (sulfide) groups is 1. The van der Waals surface area contributed by atoms with Crippen molar-refractivity contribution in [3.63, 3.8) is 0 Å². The van der Waals surface area contributed by atoms with Crippen LogP contribution < -0.4 is 0 Å². The van der Waals surface area contributed by atoms with Crippen molar-refractivity contribution in [3.8, 4) is 17.7 Å². The van der Waals surface area contributed by atoms with E-state index in [1.165, 1.54) is 11.8 Å². The zero-order valence-corrected chi connectivity index (χ0v) is 12.6. The first-order valence-corrected chi connectivity index (χ1v) is 7.29. The zero-order valence-electron chi connectivity index (χ0n) is 11.8. The molecule has 0 fully saturated rings. The first kappa shape index (κ1) is 15.1. The monoisotopic (exact) mass is 305 g/mol.